The number of esters is 2. The molecule has 2 aromatic rings. The van der Waals surface area contributed by atoms with Gasteiger partial charge in [0.1, 0.15) is 24.0 Å². The van der Waals surface area contributed by atoms with Crippen molar-refractivity contribution in [2.75, 3.05) is 13.2 Å². The zero-order valence-electron chi connectivity index (χ0n) is 19.5. The van der Waals surface area contributed by atoms with Gasteiger partial charge >= 0.3 is 18.0 Å². The second kappa shape index (κ2) is 12.5. The summed E-state index contributed by atoms with van der Waals surface area (Å²) in [6, 6.07) is 15.2. The summed E-state index contributed by atoms with van der Waals surface area (Å²) in [5, 5.41) is 2.57. The number of benzene rings is 2. The van der Waals surface area contributed by atoms with Gasteiger partial charge in [-0.25, -0.2) is 14.4 Å². The molecule has 0 saturated carbocycles. The summed E-state index contributed by atoms with van der Waals surface area (Å²) in [4.78, 5) is 36.5. The standard InChI is InChI=1S/C25H31NO7/c1-5-30-23(28)21(26-24(29)32-16-18-10-7-6-8-11-18)15-19-12-9-13-20(14-19)31-17-22(27)33-25(2,3)4/h6-14,21H,5,15-17H2,1-4H3,(H,26,29). The first-order valence-corrected chi connectivity index (χ1v) is 10.7. The van der Waals surface area contributed by atoms with Crippen LogP contribution in [-0.4, -0.2) is 42.9 Å². The Kier molecular flexibility index (Phi) is 9.72. The molecular weight excluding hydrogens is 426 g/mol. The highest BCUT2D eigenvalue weighted by molar-refractivity contribution is 5.81. The molecule has 2 aromatic carbocycles. The zero-order valence-corrected chi connectivity index (χ0v) is 19.5. The molecular formula is C25H31NO7. The van der Waals surface area contributed by atoms with Crippen LogP contribution in [0.5, 0.6) is 5.75 Å². The fourth-order valence-electron chi connectivity index (χ4n) is 2.85. The summed E-state index contributed by atoms with van der Waals surface area (Å²) in [6.07, 6.45) is -0.572. The van der Waals surface area contributed by atoms with Crippen LogP contribution in [0.1, 0.15) is 38.8 Å². The van der Waals surface area contributed by atoms with E-state index < -0.39 is 29.7 Å². The van der Waals surface area contributed by atoms with Gasteiger partial charge in [-0.05, 0) is 51.0 Å². The summed E-state index contributed by atoms with van der Waals surface area (Å²) >= 11 is 0. The van der Waals surface area contributed by atoms with Gasteiger partial charge in [-0.15, -0.1) is 0 Å². The molecule has 8 nitrogen and oxygen atoms in total. The second-order valence-electron chi connectivity index (χ2n) is 8.24. The van der Waals surface area contributed by atoms with Gasteiger partial charge in [0.05, 0.1) is 6.61 Å². The maximum atomic E-state index is 12.4. The number of rotatable bonds is 10. The van der Waals surface area contributed by atoms with Crippen LogP contribution in [0.15, 0.2) is 54.6 Å². The Hall–Kier alpha value is -3.55. The summed E-state index contributed by atoms with van der Waals surface area (Å²) < 4.78 is 21.0. The van der Waals surface area contributed by atoms with E-state index in [2.05, 4.69) is 5.32 Å². The lowest BCUT2D eigenvalue weighted by Gasteiger charge is -2.20. The van der Waals surface area contributed by atoms with E-state index in [0.29, 0.717) is 11.3 Å². The maximum absolute atomic E-state index is 12.4. The van der Waals surface area contributed by atoms with Crippen LogP contribution < -0.4 is 10.1 Å². The Morgan fingerprint density at radius 1 is 0.939 bits per heavy atom. The van der Waals surface area contributed by atoms with Crippen molar-refractivity contribution in [3.05, 3.63) is 65.7 Å². The Labute approximate surface area is 194 Å². The first-order chi connectivity index (χ1) is 15.7. The van der Waals surface area contributed by atoms with E-state index in [1.165, 1.54) is 0 Å². The normalized spacial score (nSPS) is 11.8. The number of hydrogen-bond acceptors (Lipinski definition) is 7. The van der Waals surface area contributed by atoms with Gasteiger partial charge in [-0.3, -0.25) is 0 Å². The number of amides is 1. The van der Waals surface area contributed by atoms with Gasteiger partial charge in [0.2, 0.25) is 0 Å². The van der Waals surface area contributed by atoms with E-state index in [0.717, 1.165) is 5.56 Å². The predicted octanol–water partition coefficient (Wildman–Crippen LogP) is 3.81. The SMILES string of the molecule is CCOC(=O)C(Cc1cccc(OCC(=O)OC(C)(C)C)c1)NC(=O)OCc1ccccc1. The molecule has 0 saturated heterocycles. The van der Waals surface area contributed by atoms with Crippen molar-refractivity contribution in [2.45, 2.75) is 52.4 Å². The fraction of sp³-hybridized carbons (Fsp3) is 0.400. The van der Waals surface area contributed by atoms with E-state index in [-0.39, 0.29) is 26.2 Å². The highest BCUT2D eigenvalue weighted by Crippen LogP contribution is 2.16. The zero-order chi connectivity index (χ0) is 24.3. The molecule has 0 bridgehead atoms. The van der Waals surface area contributed by atoms with Crippen molar-refractivity contribution >= 4 is 18.0 Å². The molecule has 0 aliphatic heterocycles. The van der Waals surface area contributed by atoms with Crippen molar-refractivity contribution in [3.8, 4) is 5.75 Å². The molecule has 0 heterocycles. The first-order valence-electron chi connectivity index (χ1n) is 10.7. The van der Waals surface area contributed by atoms with Crippen LogP contribution >= 0.6 is 0 Å². The molecule has 33 heavy (non-hydrogen) atoms. The minimum atomic E-state index is -0.950. The van der Waals surface area contributed by atoms with Crippen molar-refractivity contribution in [1.29, 1.82) is 0 Å². The molecule has 1 atom stereocenters. The van der Waals surface area contributed by atoms with Crippen molar-refractivity contribution in [1.82, 2.24) is 5.32 Å². The number of hydrogen-bond donors (Lipinski definition) is 1. The van der Waals surface area contributed by atoms with Crippen LogP contribution in [-0.2, 0) is 36.8 Å². The Balaban J connectivity index is 1.98. The number of alkyl carbamates (subject to hydrolysis) is 1. The molecule has 1 N–H and O–H groups in total. The predicted molar refractivity (Wildman–Crippen MR) is 122 cm³/mol. The molecule has 0 aliphatic carbocycles. The van der Waals surface area contributed by atoms with Crippen LogP contribution in [0.25, 0.3) is 0 Å². The minimum absolute atomic E-state index is 0.0796. The van der Waals surface area contributed by atoms with Crippen LogP contribution in [0.2, 0.25) is 0 Å². The van der Waals surface area contributed by atoms with E-state index in [4.69, 9.17) is 18.9 Å². The number of ether oxygens (including phenoxy) is 4. The van der Waals surface area contributed by atoms with E-state index >= 15 is 0 Å². The highest BCUT2D eigenvalue weighted by Gasteiger charge is 2.24. The lowest BCUT2D eigenvalue weighted by molar-refractivity contribution is -0.157. The van der Waals surface area contributed by atoms with Crippen LogP contribution in [0.3, 0.4) is 0 Å². The van der Waals surface area contributed by atoms with Crippen LogP contribution in [0, 0.1) is 0 Å². The minimum Gasteiger partial charge on any atom is -0.482 e. The van der Waals surface area contributed by atoms with E-state index in [9.17, 15) is 14.4 Å². The number of carbonyl (C=O) groups excluding carboxylic acids is 3. The van der Waals surface area contributed by atoms with E-state index in [1.807, 2.05) is 30.3 Å². The molecule has 0 spiro atoms. The smallest absolute Gasteiger partial charge is 0.408 e. The highest BCUT2D eigenvalue weighted by atomic mass is 16.6. The van der Waals surface area contributed by atoms with Gasteiger partial charge in [-0.2, -0.15) is 0 Å². The van der Waals surface area contributed by atoms with Crippen molar-refractivity contribution < 1.29 is 33.3 Å². The first kappa shape index (κ1) is 25.7. The average Bonchev–Trinajstić information content (AvgIpc) is 2.76. The topological polar surface area (TPSA) is 100 Å². The van der Waals surface area contributed by atoms with Crippen molar-refractivity contribution in [3.63, 3.8) is 0 Å². The Bertz CT molecular complexity index is 922. The lowest BCUT2D eigenvalue weighted by Crippen LogP contribution is -2.43. The molecule has 0 aliphatic rings. The number of nitrogens with one attached hydrogen (secondary N) is 1. The summed E-state index contributed by atoms with van der Waals surface area (Å²) in [6.45, 7) is 7.03. The van der Waals surface area contributed by atoms with E-state index in [1.54, 1.807) is 52.0 Å². The summed E-state index contributed by atoms with van der Waals surface area (Å²) in [5.74, 6) is -0.623. The van der Waals surface area contributed by atoms with Gasteiger partial charge in [0.15, 0.2) is 6.61 Å². The quantitative estimate of drug-likeness (QED) is 0.428. The maximum Gasteiger partial charge on any atom is 0.408 e. The summed E-state index contributed by atoms with van der Waals surface area (Å²) in [7, 11) is 0. The third kappa shape index (κ3) is 10.1. The monoisotopic (exact) mass is 457 g/mol. The third-order valence-corrected chi connectivity index (χ3v) is 4.19. The molecule has 1 amide bonds. The van der Waals surface area contributed by atoms with Gasteiger partial charge in [-0.1, -0.05) is 42.5 Å². The Morgan fingerprint density at radius 3 is 2.30 bits per heavy atom. The third-order valence-electron chi connectivity index (χ3n) is 4.19. The van der Waals surface area contributed by atoms with Gasteiger partial charge < -0.3 is 24.3 Å². The average molecular weight is 458 g/mol. The largest absolute Gasteiger partial charge is 0.482 e. The van der Waals surface area contributed by atoms with Gasteiger partial charge in [0, 0.05) is 6.42 Å². The molecule has 2 rings (SSSR count). The fourth-order valence-corrected chi connectivity index (χ4v) is 2.85. The molecule has 178 valence electrons. The van der Waals surface area contributed by atoms with Crippen molar-refractivity contribution in [2.24, 2.45) is 0 Å². The second-order valence-corrected chi connectivity index (χ2v) is 8.24. The molecule has 0 aromatic heterocycles. The summed E-state index contributed by atoms with van der Waals surface area (Å²) in [5.41, 5.74) is 0.934. The van der Waals surface area contributed by atoms with Crippen LogP contribution in [0.4, 0.5) is 4.79 Å². The lowest BCUT2D eigenvalue weighted by atomic mass is 10.1. The van der Waals surface area contributed by atoms with Gasteiger partial charge in [0.25, 0.3) is 0 Å². The molecule has 0 radical (unpaired) electrons. The number of carbonyl (C=O) groups is 3. The molecule has 1 unspecified atom stereocenters. The molecule has 0 fully saturated rings. The Morgan fingerprint density at radius 2 is 1.64 bits per heavy atom. The molecule has 8 heteroatoms.